The van der Waals surface area contributed by atoms with E-state index >= 15 is 0 Å². The van der Waals surface area contributed by atoms with Crippen LogP contribution < -0.4 is 0 Å². The average molecular weight is 122 g/mol. The van der Waals surface area contributed by atoms with Gasteiger partial charge in [-0.1, -0.05) is 0 Å². The smallest absolute Gasteiger partial charge is 0.303 e. The van der Waals surface area contributed by atoms with Crippen LogP contribution in [0.5, 0.6) is 0 Å². The molecule has 46 valence electrons. The second-order valence-electron chi connectivity index (χ2n) is 1.29. The van der Waals surface area contributed by atoms with Gasteiger partial charge >= 0.3 is 11.9 Å². The molecule has 0 atom stereocenters. The fourth-order valence-electron chi connectivity index (χ4n) is 0.214. The van der Waals surface area contributed by atoms with E-state index in [0.29, 0.717) is 0 Å². The molecule has 0 aromatic heterocycles. The Morgan fingerprint density at radius 2 is 1.25 bits per heavy atom. The first-order valence-corrected chi connectivity index (χ1v) is 2.06. The van der Waals surface area contributed by atoms with E-state index < -0.39 is 11.9 Å². The molecule has 0 saturated heterocycles. The summed E-state index contributed by atoms with van der Waals surface area (Å²) < 4.78 is 0. The number of carboxylic acid groups (broad SMARTS) is 2. The highest BCUT2D eigenvalue weighted by molar-refractivity contribution is 5.75. The minimum absolute atomic E-state index is 0.296. The zero-order valence-electron chi connectivity index (χ0n) is 4.13. The summed E-state index contributed by atoms with van der Waals surface area (Å²) in [4.78, 5) is 19.3. The number of hydrogen-bond donors (Lipinski definition) is 2. The van der Waals surface area contributed by atoms with E-state index in [1.165, 1.54) is 0 Å². The van der Waals surface area contributed by atoms with Crippen LogP contribution >= 0.6 is 0 Å². The topological polar surface area (TPSA) is 74.6 Å². The number of carbonyl (C=O) groups is 2. The summed E-state index contributed by atoms with van der Waals surface area (Å²) in [6, 6.07) is 0. The molecule has 0 aliphatic heterocycles. The lowest BCUT2D eigenvalue weighted by atomic mass is 11.2. The molecule has 0 unspecified atom stereocenters. The second kappa shape index (κ2) is 3.01. The third-order valence-corrected chi connectivity index (χ3v) is 0.553. The summed E-state index contributed by atoms with van der Waals surface area (Å²) in [5.41, 5.74) is 0. The summed E-state index contributed by atoms with van der Waals surface area (Å²) in [7, 11) is 0. The van der Waals surface area contributed by atoms with Crippen molar-refractivity contribution < 1.29 is 19.8 Å². The van der Waals surface area contributed by atoms with Crippen molar-refractivity contribution in [2.45, 2.75) is 12.8 Å². The maximum Gasteiger partial charge on any atom is 0.303 e. The van der Waals surface area contributed by atoms with Crippen LogP contribution in [0.4, 0.5) is 0 Å². The number of rotatable bonds is 3. The van der Waals surface area contributed by atoms with Crippen LogP contribution in [0.3, 0.4) is 0 Å². The third kappa shape index (κ3) is 4.94. The second-order valence-corrected chi connectivity index (χ2v) is 1.29. The van der Waals surface area contributed by atoms with E-state index in [9.17, 15) is 9.59 Å². The monoisotopic (exact) mass is 122 g/mol. The molecule has 0 fully saturated rings. The first-order chi connectivity index (χ1) is 3.63. The molecule has 4 nitrogen and oxygen atoms in total. The lowest BCUT2D eigenvalue weighted by Crippen LogP contribution is -2.00. The normalized spacial score (nSPS) is 8.50. The zero-order chi connectivity index (χ0) is 6.57. The van der Waals surface area contributed by atoms with Gasteiger partial charge in [-0.15, -0.1) is 0 Å². The van der Waals surface area contributed by atoms with Crippen molar-refractivity contribution in [3.8, 4) is 0 Å². The number of hydrogen-bond acceptors (Lipinski definition) is 2. The number of carboxylic acids is 2. The Hall–Kier alpha value is -1.06. The summed E-state index contributed by atoms with van der Waals surface area (Å²) >= 11 is 0. The Kier molecular flexibility index (Phi) is 2.61. The summed E-state index contributed by atoms with van der Waals surface area (Å²) in [5.74, 6) is -2.15. The zero-order valence-corrected chi connectivity index (χ0v) is 4.13. The lowest BCUT2D eigenvalue weighted by molar-refractivity contribution is -0.143. The summed E-state index contributed by atoms with van der Waals surface area (Å²) in [6.07, 6.45) is -0.593. The van der Waals surface area contributed by atoms with Gasteiger partial charge in [0.1, 0.15) is 0 Å². The van der Waals surface area contributed by atoms with E-state index in [0.717, 1.165) is 0 Å². The van der Waals surface area contributed by atoms with Crippen molar-refractivity contribution in [2.75, 3.05) is 0 Å². The van der Waals surface area contributed by atoms with Crippen molar-refractivity contribution in [3.63, 3.8) is 0 Å². The lowest BCUT2D eigenvalue weighted by Gasteiger charge is -1.85. The quantitative estimate of drug-likeness (QED) is 0.549. The molecule has 0 heterocycles. The highest BCUT2D eigenvalue weighted by Gasteiger charge is 2.00. The Bertz CT molecular complexity index is 92.6. The van der Waals surface area contributed by atoms with Crippen molar-refractivity contribution in [1.82, 2.24) is 0 Å². The van der Waals surface area contributed by atoms with Gasteiger partial charge in [-0.25, -0.2) is 0 Å². The van der Waals surface area contributed by atoms with E-state index in [-0.39, 0.29) is 12.8 Å². The minimum atomic E-state index is -1.08. The average Bonchev–Trinajstić information content (AvgIpc) is 1.61. The van der Waals surface area contributed by atoms with E-state index in [1.54, 1.807) is 0 Å². The molecule has 2 N–H and O–H groups in total. The maximum absolute atomic E-state index is 9.64. The highest BCUT2D eigenvalue weighted by Crippen LogP contribution is 1.85. The Morgan fingerprint density at radius 1 is 1.00 bits per heavy atom. The van der Waals surface area contributed by atoms with Crippen molar-refractivity contribution in [1.29, 1.82) is 0 Å². The minimum Gasteiger partial charge on any atom is -0.481 e. The van der Waals surface area contributed by atoms with E-state index in [4.69, 9.17) is 10.2 Å². The predicted octanol–water partition coefficient (Wildman–Crippen LogP) is -0.0642. The molecule has 0 aliphatic rings. The van der Waals surface area contributed by atoms with Crippen LogP contribution in [-0.4, -0.2) is 22.2 Å². The molecule has 0 saturated carbocycles. The molecule has 0 rings (SSSR count). The van der Waals surface area contributed by atoms with Gasteiger partial charge in [-0.05, 0) is 0 Å². The molecule has 0 bridgehead atoms. The van der Waals surface area contributed by atoms with Gasteiger partial charge in [0.2, 0.25) is 0 Å². The first-order valence-electron chi connectivity index (χ1n) is 2.06. The molecule has 0 radical (unpaired) electrons. The molecule has 0 amide bonds. The molecule has 0 aromatic rings. The van der Waals surface area contributed by atoms with Crippen LogP contribution in [0.1, 0.15) is 12.8 Å². The Morgan fingerprint density at radius 3 is 1.38 bits per heavy atom. The van der Waals surface area contributed by atoms with Crippen LogP contribution in [0.25, 0.3) is 0 Å². The molecular formula is C4H6O4. The highest BCUT2D eigenvalue weighted by atomic mass is 16.4. The summed E-state index contributed by atoms with van der Waals surface area (Å²) in [6.45, 7) is 0. The third-order valence-electron chi connectivity index (χ3n) is 0.553. The molecule has 0 aliphatic carbocycles. The van der Waals surface area contributed by atoms with Gasteiger partial charge in [0, 0.05) is 0 Å². The van der Waals surface area contributed by atoms with Gasteiger partial charge in [0.05, 0.1) is 12.8 Å². The number of aliphatic carboxylic acids is 2. The largest absolute Gasteiger partial charge is 0.481 e. The fourth-order valence-corrected chi connectivity index (χ4v) is 0.214. The molecule has 8 heavy (non-hydrogen) atoms. The summed E-state index contributed by atoms with van der Waals surface area (Å²) in [5, 5.41) is 15.8. The predicted molar refractivity (Wildman–Crippen MR) is 24.5 cm³/mol. The Labute approximate surface area is 45.7 Å². The van der Waals surface area contributed by atoms with Crippen LogP contribution in [0.15, 0.2) is 0 Å². The van der Waals surface area contributed by atoms with Crippen LogP contribution in [0.2, 0.25) is 0 Å². The molecule has 4 heteroatoms. The SMILES string of the molecule is O=C(O)[14CH2][14CH2]C(=O)O. The van der Waals surface area contributed by atoms with Crippen LogP contribution in [-0.2, 0) is 9.59 Å². The van der Waals surface area contributed by atoms with Gasteiger partial charge in [-0.2, -0.15) is 0 Å². The fraction of sp³-hybridized carbons (Fsp3) is 0.500. The molecule has 0 spiro atoms. The van der Waals surface area contributed by atoms with E-state index in [1.807, 2.05) is 0 Å². The van der Waals surface area contributed by atoms with Gasteiger partial charge in [0.25, 0.3) is 0 Å². The van der Waals surface area contributed by atoms with Crippen molar-refractivity contribution in [2.24, 2.45) is 0 Å². The Balaban J connectivity index is 3.18. The van der Waals surface area contributed by atoms with Crippen LogP contribution in [0, 0.1) is 0 Å². The first kappa shape index (κ1) is 6.94. The van der Waals surface area contributed by atoms with Crippen molar-refractivity contribution >= 4 is 11.9 Å². The van der Waals surface area contributed by atoms with E-state index in [2.05, 4.69) is 0 Å². The van der Waals surface area contributed by atoms with Gasteiger partial charge in [0.15, 0.2) is 0 Å². The van der Waals surface area contributed by atoms with Crippen molar-refractivity contribution in [3.05, 3.63) is 0 Å². The molecule has 0 aromatic carbocycles. The molecular weight excluding hydrogens is 116 g/mol. The standard InChI is InChI=1S/C4H6O4/c5-3(6)1-2-4(7)8/h1-2H2,(H,5,6)(H,7,8)/i1+2,2+2. The maximum atomic E-state index is 9.64. The van der Waals surface area contributed by atoms with Gasteiger partial charge in [-0.3, -0.25) is 9.59 Å². The van der Waals surface area contributed by atoms with Gasteiger partial charge < -0.3 is 10.2 Å².